The van der Waals surface area contributed by atoms with Gasteiger partial charge in [-0.3, -0.25) is 0 Å². The van der Waals surface area contributed by atoms with Crippen LogP contribution in [0.4, 0.5) is 0 Å². The SMILES string of the molecule is C1=CCC2=C(C1)Cc1ccccc1O2. The highest BCUT2D eigenvalue weighted by Crippen LogP contribution is 2.34. The Kier molecular flexibility index (Phi) is 1.69. The minimum absolute atomic E-state index is 0.962. The van der Waals surface area contributed by atoms with E-state index in [4.69, 9.17) is 4.74 Å². The number of hydrogen-bond donors (Lipinski definition) is 0. The first-order valence-corrected chi connectivity index (χ1v) is 5.05. The molecule has 70 valence electrons. The van der Waals surface area contributed by atoms with Crippen LogP contribution in [0.1, 0.15) is 18.4 Å². The molecule has 0 saturated carbocycles. The predicted octanol–water partition coefficient (Wildman–Crippen LogP) is 3.23. The van der Waals surface area contributed by atoms with Gasteiger partial charge in [0.25, 0.3) is 0 Å². The minimum atomic E-state index is 0.962. The predicted molar refractivity (Wildman–Crippen MR) is 56.2 cm³/mol. The van der Waals surface area contributed by atoms with Crippen molar-refractivity contribution >= 4 is 0 Å². The van der Waals surface area contributed by atoms with Crippen LogP contribution in [0.3, 0.4) is 0 Å². The summed E-state index contributed by atoms with van der Waals surface area (Å²) in [5.74, 6) is 2.22. The van der Waals surface area contributed by atoms with Gasteiger partial charge in [-0.1, -0.05) is 30.4 Å². The fourth-order valence-electron chi connectivity index (χ4n) is 2.07. The topological polar surface area (TPSA) is 9.23 Å². The summed E-state index contributed by atoms with van der Waals surface area (Å²) in [7, 11) is 0. The molecule has 0 fully saturated rings. The molecule has 0 radical (unpaired) electrons. The molecule has 14 heavy (non-hydrogen) atoms. The Balaban J connectivity index is 2.00. The summed E-state index contributed by atoms with van der Waals surface area (Å²) >= 11 is 0. The zero-order chi connectivity index (χ0) is 9.38. The lowest BCUT2D eigenvalue weighted by atomic mass is 9.94. The molecule has 1 aromatic rings. The van der Waals surface area contributed by atoms with E-state index in [0.29, 0.717) is 0 Å². The van der Waals surface area contributed by atoms with Crippen molar-refractivity contribution in [2.24, 2.45) is 0 Å². The van der Waals surface area contributed by atoms with E-state index in [1.165, 1.54) is 16.9 Å². The summed E-state index contributed by atoms with van der Waals surface area (Å²) in [4.78, 5) is 0. The van der Waals surface area contributed by atoms with Crippen molar-refractivity contribution in [3.63, 3.8) is 0 Å². The van der Waals surface area contributed by atoms with Crippen molar-refractivity contribution in [1.29, 1.82) is 0 Å². The van der Waals surface area contributed by atoms with E-state index in [1.807, 2.05) is 6.07 Å². The second-order valence-corrected chi connectivity index (χ2v) is 3.79. The van der Waals surface area contributed by atoms with Crippen molar-refractivity contribution in [3.8, 4) is 5.75 Å². The number of ether oxygens (including phenoxy) is 1. The third-order valence-electron chi connectivity index (χ3n) is 2.84. The minimum Gasteiger partial charge on any atom is -0.461 e. The molecule has 0 bridgehead atoms. The fraction of sp³-hybridized carbons (Fsp3) is 0.231. The number of hydrogen-bond acceptors (Lipinski definition) is 1. The largest absolute Gasteiger partial charge is 0.461 e. The summed E-state index contributed by atoms with van der Waals surface area (Å²) in [5.41, 5.74) is 2.77. The Labute approximate surface area is 83.7 Å². The van der Waals surface area contributed by atoms with Gasteiger partial charge in [0.2, 0.25) is 0 Å². The molecule has 0 unspecified atom stereocenters. The maximum atomic E-state index is 5.86. The van der Waals surface area contributed by atoms with E-state index in [9.17, 15) is 0 Å². The molecular formula is C13H12O. The number of para-hydroxylation sites is 1. The first kappa shape index (κ1) is 7.86. The molecule has 2 aliphatic rings. The zero-order valence-electron chi connectivity index (χ0n) is 7.99. The Morgan fingerprint density at radius 1 is 1.00 bits per heavy atom. The summed E-state index contributed by atoms with van der Waals surface area (Å²) in [6.45, 7) is 0. The van der Waals surface area contributed by atoms with Crippen LogP contribution in [0.15, 0.2) is 47.7 Å². The first-order chi connectivity index (χ1) is 6.93. The van der Waals surface area contributed by atoms with E-state index in [2.05, 4.69) is 30.4 Å². The average molecular weight is 184 g/mol. The second-order valence-electron chi connectivity index (χ2n) is 3.79. The van der Waals surface area contributed by atoms with Crippen molar-refractivity contribution in [2.75, 3.05) is 0 Å². The number of allylic oxidation sites excluding steroid dienone is 3. The Bertz CT molecular complexity index is 388. The van der Waals surface area contributed by atoms with E-state index in [-0.39, 0.29) is 0 Å². The maximum absolute atomic E-state index is 5.86. The molecule has 1 heteroatoms. The third kappa shape index (κ3) is 1.17. The lowest BCUT2D eigenvalue weighted by Crippen LogP contribution is -2.11. The van der Waals surface area contributed by atoms with Gasteiger partial charge >= 0.3 is 0 Å². The summed E-state index contributed by atoms with van der Waals surface area (Å²) < 4.78 is 5.86. The molecular weight excluding hydrogens is 172 g/mol. The lowest BCUT2D eigenvalue weighted by molar-refractivity contribution is 0.387. The number of benzene rings is 1. The van der Waals surface area contributed by atoms with Gasteiger partial charge in [-0.2, -0.15) is 0 Å². The molecule has 0 atom stereocenters. The molecule has 1 aliphatic carbocycles. The summed E-state index contributed by atoms with van der Waals surface area (Å²) in [5, 5.41) is 0. The van der Waals surface area contributed by atoms with E-state index in [0.717, 1.165) is 25.0 Å². The smallest absolute Gasteiger partial charge is 0.130 e. The molecule has 0 saturated heterocycles. The van der Waals surface area contributed by atoms with Crippen LogP contribution < -0.4 is 4.74 Å². The molecule has 1 nitrogen and oxygen atoms in total. The van der Waals surface area contributed by atoms with Gasteiger partial charge in [0.15, 0.2) is 0 Å². The standard InChI is InChI=1S/C13H12O/c1-3-7-12-10(5-1)9-11-6-2-4-8-13(11)14-12/h1-5,7H,6,8-9H2. The van der Waals surface area contributed by atoms with E-state index >= 15 is 0 Å². The van der Waals surface area contributed by atoms with Gasteiger partial charge in [-0.25, -0.2) is 0 Å². The number of fused-ring (bicyclic) bond motifs is 1. The normalized spacial score (nSPS) is 18.6. The van der Waals surface area contributed by atoms with Crippen LogP contribution in [0, 0.1) is 0 Å². The fourth-order valence-corrected chi connectivity index (χ4v) is 2.07. The quantitative estimate of drug-likeness (QED) is 0.562. The van der Waals surface area contributed by atoms with E-state index < -0.39 is 0 Å². The first-order valence-electron chi connectivity index (χ1n) is 5.05. The van der Waals surface area contributed by atoms with Crippen LogP contribution in [0.5, 0.6) is 5.75 Å². The van der Waals surface area contributed by atoms with Gasteiger partial charge in [-0.05, 0) is 23.6 Å². The van der Waals surface area contributed by atoms with Gasteiger partial charge in [0.05, 0.1) is 0 Å². The van der Waals surface area contributed by atoms with Crippen molar-refractivity contribution in [2.45, 2.75) is 19.3 Å². The molecule has 3 rings (SSSR count). The Morgan fingerprint density at radius 2 is 1.86 bits per heavy atom. The highest BCUT2D eigenvalue weighted by atomic mass is 16.5. The van der Waals surface area contributed by atoms with E-state index in [1.54, 1.807) is 0 Å². The zero-order valence-corrected chi connectivity index (χ0v) is 7.99. The van der Waals surface area contributed by atoms with Gasteiger partial charge in [0, 0.05) is 12.8 Å². The van der Waals surface area contributed by atoms with Crippen LogP contribution in [-0.2, 0) is 6.42 Å². The highest BCUT2D eigenvalue weighted by molar-refractivity contribution is 5.43. The van der Waals surface area contributed by atoms with Crippen molar-refractivity contribution in [3.05, 3.63) is 53.3 Å². The second kappa shape index (κ2) is 3.02. The Morgan fingerprint density at radius 3 is 2.86 bits per heavy atom. The third-order valence-corrected chi connectivity index (χ3v) is 2.84. The van der Waals surface area contributed by atoms with Crippen molar-refractivity contribution < 1.29 is 4.74 Å². The lowest BCUT2D eigenvalue weighted by Gasteiger charge is -2.24. The molecule has 0 spiro atoms. The average Bonchev–Trinajstić information content (AvgIpc) is 2.26. The molecule has 1 aliphatic heterocycles. The number of rotatable bonds is 0. The van der Waals surface area contributed by atoms with Crippen LogP contribution in [0.25, 0.3) is 0 Å². The molecule has 0 N–H and O–H groups in total. The Hall–Kier alpha value is -1.50. The summed E-state index contributed by atoms with van der Waals surface area (Å²) in [6.07, 6.45) is 7.51. The molecule has 0 aromatic heterocycles. The molecule has 0 amide bonds. The monoisotopic (exact) mass is 184 g/mol. The summed E-state index contributed by atoms with van der Waals surface area (Å²) in [6, 6.07) is 8.31. The molecule has 1 aromatic carbocycles. The van der Waals surface area contributed by atoms with Crippen molar-refractivity contribution in [1.82, 2.24) is 0 Å². The van der Waals surface area contributed by atoms with Gasteiger partial charge in [-0.15, -0.1) is 0 Å². The van der Waals surface area contributed by atoms with Gasteiger partial charge < -0.3 is 4.74 Å². The maximum Gasteiger partial charge on any atom is 0.130 e. The van der Waals surface area contributed by atoms with Crippen LogP contribution >= 0.6 is 0 Å². The van der Waals surface area contributed by atoms with Crippen LogP contribution in [0.2, 0.25) is 0 Å². The highest BCUT2D eigenvalue weighted by Gasteiger charge is 2.19. The van der Waals surface area contributed by atoms with Crippen LogP contribution in [-0.4, -0.2) is 0 Å². The molecule has 1 heterocycles. The van der Waals surface area contributed by atoms with Gasteiger partial charge in [0.1, 0.15) is 11.5 Å².